The number of esters is 1. The predicted molar refractivity (Wildman–Crippen MR) is 76.5 cm³/mol. The maximum Gasteiger partial charge on any atom is 0.337 e. The second kappa shape index (κ2) is 6.54. The lowest BCUT2D eigenvalue weighted by Gasteiger charge is -2.10. The molecule has 0 saturated heterocycles. The number of carbonyl (C=O) groups excluding carboxylic acids is 1. The Bertz CT molecular complexity index is 677. The van der Waals surface area contributed by atoms with Crippen LogP contribution in [0, 0.1) is 11.6 Å². The number of nitrogens with one attached hydrogen (secondary N) is 1. The van der Waals surface area contributed by atoms with Gasteiger partial charge in [0.2, 0.25) is 0 Å². The zero-order chi connectivity index (χ0) is 15.4. The molecule has 0 radical (unpaired) electrons. The van der Waals surface area contributed by atoms with Crippen LogP contribution in [-0.4, -0.2) is 13.1 Å². The van der Waals surface area contributed by atoms with Crippen LogP contribution in [0.4, 0.5) is 14.5 Å². The summed E-state index contributed by atoms with van der Waals surface area (Å²) >= 11 is 5.89. The van der Waals surface area contributed by atoms with Crippen LogP contribution in [0.3, 0.4) is 0 Å². The zero-order valence-corrected chi connectivity index (χ0v) is 11.9. The Morgan fingerprint density at radius 2 is 2.00 bits per heavy atom. The number of carbonyl (C=O) groups is 1. The van der Waals surface area contributed by atoms with Crippen LogP contribution in [0.2, 0.25) is 5.02 Å². The van der Waals surface area contributed by atoms with Crippen molar-refractivity contribution >= 4 is 23.3 Å². The van der Waals surface area contributed by atoms with E-state index in [9.17, 15) is 13.6 Å². The first-order chi connectivity index (χ1) is 10.0. The quantitative estimate of drug-likeness (QED) is 0.867. The summed E-state index contributed by atoms with van der Waals surface area (Å²) in [5.74, 6) is -1.51. The molecule has 0 aliphatic heterocycles. The summed E-state index contributed by atoms with van der Waals surface area (Å²) in [7, 11) is 1.25. The molecule has 1 N–H and O–H groups in total. The van der Waals surface area contributed by atoms with E-state index >= 15 is 0 Å². The van der Waals surface area contributed by atoms with E-state index in [1.165, 1.54) is 43.5 Å². The number of rotatable bonds is 4. The van der Waals surface area contributed by atoms with Crippen molar-refractivity contribution in [1.29, 1.82) is 0 Å². The third-order valence-corrected chi connectivity index (χ3v) is 3.22. The molecular weight excluding hydrogens is 300 g/mol. The summed E-state index contributed by atoms with van der Waals surface area (Å²) in [4.78, 5) is 11.4. The Hall–Kier alpha value is -2.14. The number of hydrogen-bond acceptors (Lipinski definition) is 3. The van der Waals surface area contributed by atoms with Crippen LogP contribution in [-0.2, 0) is 11.3 Å². The Morgan fingerprint density at radius 3 is 2.67 bits per heavy atom. The first-order valence-electron chi connectivity index (χ1n) is 6.07. The van der Waals surface area contributed by atoms with Crippen molar-refractivity contribution < 1.29 is 18.3 Å². The molecule has 2 aromatic rings. The number of ether oxygens (including phenoxy) is 1. The topological polar surface area (TPSA) is 38.3 Å². The third kappa shape index (κ3) is 3.70. The number of methoxy groups -OCH3 is 1. The van der Waals surface area contributed by atoms with E-state index in [4.69, 9.17) is 11.6 Å². The Morgan fingerprint density at radius 1 is 1.24 bits per heavy atom. The average molecular weight is 312 g/mol. The van der Waals surface area contributed by atoms with E-state index in [0.717, 1.165) is 0 Å². The SMILES string of the molecule is COC(=O)c1ccc(F)c(NCc2ccc(F)cc2Cl)c1. The predicted octanol–water partition coefficient (Wildman–Crippen LogP) is 4.02. The van der Waals surface area contributed by atoms with Crippen molar-refractivity contribution in [3.63, 3.8) is 0 Å². The van der Waals surface area contributed by atoms with Crippen molar-refractivity contribution in [2.45, 2.75) is 6.54 Å². The third-order valence-electron chi connectivity index (χ3n) is 2.87. The molecule has 0 unspecified atom stereocenters. The van der Waals surface area contributed by atoms with Gasteiger partial charge in [-0.1, -0.05) is 17.7 Å². The smallest absolute Gasteiger partial charge is 0.337 e. The van der Waals surface area contributed by atoms with Gasteiger partial charge in [-0.25, -0.2) is 13.6 Å². The Labute approximate surface area is 125 Å². The average Bonchev–Trinajstić information content (AvgIpc) is 2.47. The van der Waals surface area contributed by atoms with E-state index in [0.29, 0.717) is 5.56 Å². The van der Waals surface area contributed by atoms with Gasteiger partial charge in [-0.3, -0.25) is 0 Å². The van der Waals surface area contributed by atoms with Crippen LogP contribution in [0.25, 0.3) is 0 Å². The van der Waals surface area contributed by atoms with Gasteiger partial charge in [-0.2, -0.15) is 0 Å². The van der Waals surface area contributed by atoms with Crippen LogP contribution in [0.15, 0.2) is 36.4 Å². The molecule has 0 amide bonds. The molecule has 0 spiro atoms. The molecule has 0 fully saturated rings. The molecular formula is C15H12ClF2NO2. The molecule has 0 bridgehead atoms. The van der Waals surface area contributed by atoms with E-state index in [2.05, 4.69) is 10.1 Å². The lowest BCUT2D eigenvalue weighted by Crippen LogP contribution is -2.06. The normalized spacial score (nSPS) is 10.3. The molecule has 110 valence electrons. The first kappa shape index (κ1) is 15.3. The highest BCUT2D eigenvalue weighted by Gasteiger charge is 2.10. The molecule has 0 heterocycles. The van der Waals surface area contributed by atoms with Crippen molar-refractivity contribution in [2.75, 3.05) is 12.4 Å². The van der Waals surface area contributed by atoms with Crippen molar-refractivity contribution in [3.8, 4) is 0 Å². The summed E-state index contributed by atoms with van der Waals surface area (Å²) < 4.78 is 31.2. The van der Waals surface area contributed by atoms with Crippen molar-refractivity contribution in [2.24, 2.45) is 0 Å². The van der Waals surface area contributed by atoms with Gasteiger partial charge in [0.1, 0.15) is 11.6 Å². The zero-order valence-electron chi connectivity index (χ0n) is 11.1. The van der Waals surface area contributed by atoms with Crippen LogP contribution < -0.4 is 5.32 Å². The number of halogens is 3. The fraction of sp³-hybridized carbons (Fsp3) is 0.133. The highest BCUT2D eigenvalue weighted by atomic mass is 35.5. The number of benzene rings is 2. The lowest BCUT2D eigenvalue weighted by molar-refractivity contribution is 0.0600. The van der Waals surface area contributed by atoms with E-state index < -0.39 is 17.6 Å². The minimum atomic E-state index is -0.558. The molecule has 2 aromatic carbocycles. The number of hydrogen-bond donors (Lipinski definition) is 1. The van der Waals surface area contributed by atoms with Gasteiger partial charge in [0, 0.05) is 11.6 Å². The van der Waals surface area contributed by atoms with Crippen LogP contribution in [0.1, 0.15) is 15.9 Å². The molecule has 3 nitrogen and oxygen atoms in total. The van der Waals surface area contributed by atoms with E-state index in [-0.39, 0.29) is 22.8 Å². The summed E-state index contributed by atoms with van der Waals surface area (Å²) in [5, 5.41) is 3.06. The Kier molecular flexibility index (Phi) is 4.75. The van der Waals surface area contributed by atoms with Crippen LogP contribution in [0.5, 0.6) is 0 Å². The molecule has 2 rings (SSSR count). The minimum Gasteiger partial charge on any atom is -0.465 e. The fourth-order valence-corrected chi connectivity index (χ4v) is 2.00. The molecule has 0 atom stereocenters. The van der Waals surface area contributed by atoms with Gasteiger partial charge in [0.15, 0.2) is 0 Å². The van der Waals surface area contributed by atoms with E-state index in [1.807, 2.05) is 0 Å². The molecule has 0 aliphatic carbocycles. The highest BCUT2D eigenvalue weighted by Crippen LogP contribution is 2.21. The van der Waals surface area contributed by atoms with Gasteiger partial charge in [-0.15, -0.1) is 0 Å². The number of anilines is 1. The molecule has 0 saturated carbocycles. The minimum absolute atomic E-state index is 0.137. The molecule has 21 heavy (non-hydrogen) atoms. The summed E-state index contributed by atoms with van der Waals surface area (Å²) in [6.45, 7) is 0.195. The second-order valence-electron chi connectivity index (χ2n) is 4.28. The van der Waals surface area contributed by atoms with Gasteiger partial charge in [-0.05, 0) is 35.9 Å². The maximum atomic E-state index is 13.7. The van der Waals surface area contributed by atoms with E-state index in [1.54, 1.807) is 0 Å². The standard InChI is InChI=1S/C15H12ClF2NO2/c1-21-15(20)9-3-5-13(18)14(6-9)19-8-10-2-4-11(17)7-12(10)16/h2-7,19H,8H2,1H3. The summed E-state index contributed by atoms with van der Waals surface area (Å²) in [5.41, 5.74) is 0.978. The van der Waals surface area contributed by atoms with Gasteiger partial charge < -0.3 is 10.1 Å². The molecule has 0 aliphatic rings. The molecule has 0 aromatic heterocycles. The first-order valence-corrected chi connectivity index (χ1v) is 6.44. The summed E-state index contributed by atoms with van der Waals surface area (Å²) in [6.07, 6.45) is 0. The van der Waals surface area contributed by atoms with Gasteiger partial charge in [0.25, 0.3) is 0 Å². The second-order valence-corrected chi connectivity index (χ2v) is 4.68. The van der Waals surface area contributed by atoms with Crippen molar-refractivity contribution in [3.05, 3.63) is 64.2 Å². The summed E-state index contributed by atoms with van der Waals surface area (Å²) in [6, 6.07) is 7.80. The van der Waals surface area contributed by atoms with Gasteiger partial charge >= 0.3 is 5.97 Å². The largest absolute Gasteiger partial charge is 0.465 e. The van der Waals surface area contributed by atoms with Crippen LogP contribution >= 0.6 is 11.6 Å². The fourth-order valence-electron chi connectivity index (χ4n) is 1.76. The monoisotopic (exact) mass is 311 g/mol. The van der Waals surface area contributed by atoms with Gasteiger partial charge in [0.05, 0.1) is 18.4 Å². The maximum absolute atomic E-state index is 13.7. The Balaban J connectivity index is 2.17. The van der Waals surface area contributed by atoms with Crippen molar-refractivity contribution in [1.82, 2.24) is 0 Å². The lowest BCUT2D eigenvalue weighted by atomic mass is 10.1. The highest BCUT2D eigenvalue weighted by molar-refractivity contribution is 6.31. The molecule has 6 heteroatoms.